The van der Waals surface area contributed by atoms with Gasteiger partial charge in [-0.25, -0.2) is 9.89 Å². The van der Waals surface area contributed by atoms with E-state index in [0.29, 0.717) is 11.8 Å². The molecule has 1 heterocycles. The van der Waals surface area contributed by atoms with Gasteiger partial charge in [-0.2, -0.15) is 0 Å². The third-order valence-corrected chi connectivity index (χ3v) is 2.47. The van der Waals surface area contributed by atoms with Gasteiger partial charge in [-0.3, -0.25) is 9.36 Å². The first kappa shape index (κ1) is 10.8. The second kappa shape index (κ2) is 4.85. The second-order valence-electron chi connectivity index (χ2n) is 2.46. The van der Waals surface area contributed by atoms with Gasteiger partial charge in [0.1, 0.15) is 0 Å². The lowest BCUT2D eigenvalue weighted by Gasteiger charge is -2.00. The Hall–Kier alpha value is -1.24. The molecule has 0 amide bonds. The molecule has 0 spiro atoms. The minimum absolute atomic E-state index is 0.159. The molecule has 7 heteroatoms. The Morgan fingerprint density at radius 1 is 1.71 bits per heavy atom. The van der Waals surface area contributed by atoms with Crippen molar-refractivity contribution >= 4 is 17.7 Å². The van der Waals surface area contributed by atoms with E-state index in [2.05, 4.69) is 10.2 Å². The normalized spacial score (nSPS) is 10.1. The molecule has 1 aromatic heterocycles. The number of H-pyrrole nitrogens is 1. The number of carbonyl (C=O) groups is 1. The molecule has 14 heavy (non-hydrogen) atoms. The van der Waals surface area contributed by atoms with Crippen molar-refractivity contribution in [1.82, 2.24) is 14.8 Å². The summed E-state index contributed by atoms with van der Waals surface area (Å²) in [5.74, 6) is -0.153. The molecule has 1 N–H and O–H groups in total. The van der Waals surface area contributed by atoms with Gasteiger partial charge in [0.2, 0.25) is 0 Å². The fourth-order valence-corrected chi connectivity index (χ4v) is 1.50. The summed E-state index contributed by atoms with van der Waals surface area (Å²) in [6, 6.07) is 0. The molecule has 0 radical (unpaired) electrons. The minimum Gasteiger partial charge on any atom is -0.465 e. The Labute approximate surface area is 84.6 Å². The van der Waals surface area contributed by atoms with Crippen molar-refractivity contribution in [3.63, 3.8) is 0 Å². The first-order valence-electron chi connectivity index (χ1n) is 4.05. The molecule has 0 aliphatic rings. The summed E-state index contributed by atoms with van der Waals surface area (Å²) in [4.78, 5) is 21.9. The number of carbonyl (C=O) groups excluding carboxylic acids is 1. The van der Waals surface area contributed by atoms with Crippen molar-refractivity contribution in [1.29, 1.82) is 0 Å². The highest BCUT2D eigenvalue weighted by atomic mass is 32.2. The Kier molecular flexibility index (Phi) is 3.75. The topological polar surface area (TPSA) is 77.0 Å². The van der Waals surface area contributed by atoms with E-state index in [1.165, 1.54) is 4.57 Å². The van der Waals surface area contributed by atoms with Crippen LogP contribution < -0.4 is 5.69 Å². The van der Waals surface area contributed by atoms with Crippen LogP contribution in [0.15, 0.2) is 9.95 Å². The van der Waals surface area contributed by atoms with Crippen LogP contribution in [0.2, 0.25) is 0 Å². The molecule has 1 rings (SSSR count). The maximum absolute atomic E-state index is 11.0. The van der Waals surface area contributed by atoms with Crippen molar-refractivity contribution in [2.24, 2.45) is 7.05 Å². The third kappa shape index (κ3) is 2.63. The van der Waals surface area contributed by atoms with Crippen molar-refractivity contribution < 1.29 is 9.53 Å². The van der Waals surface area contributed by atoms with Gasteiger partial charge in [0.05, 0.1) is 12.4 Å². The number of ether oxygens (including phenoxy) is 1. The van der Waals surface area contributed by atoms with Crippen LogP contribution in [-0.4, -0.2) is 33.1 Å². The lowest BCUT2D eigenvalue weighted by molar-refractivity contribution is -0.139. The second-order valence-corrected chi connectivity index (χ2v) is 3.41. The maximum Gasteiger partial charge on any atom is 0.343 e. The Morgan fingerprint density at radius 2 is 2.43 bits per heavy atom. The number of rotatable bonds is 4. The highest BCUT2D eigenvalue weighted by Gasteiger charge is 2.08. The lowest BCUT2D eigenvalue weighted by Crippen LogP contribution is -2.13. The molecule has 0 bridgehead atoms. The van der Waals surface area contributed by atoms with E-state index in [4.69, 9.17) is 4.74 Å². The minimum atomic E-state index is -0.312. The van der Waals surface area contributed by atoms with Crippen LogP contribution in [0, 0.1) is 0 Å². The van der Waals surface area contributed by atoms with Gasteiger partial charge in [0.15, 0.2) is 5.16 Å². The number of nitrogens with zero attached hydrogens (tertiary/aromatic N) is 2. The van der Waals surface area contributed by atoms with Crippen LogP contribution in [0.5, 0.6) is 0 Å². The summed E-state index contributed by atoms with van der Waals surface area (Å²) in [6.07, 6.45) is 0. The van der Waals surface area contributed by atoms with Gasteiger partial charge in [0.25, 0.3) is 0 Å². The molecule has 6 nitrogen and oxygen atoms in total. The van der Waals surface area contributed by atoms with E-state index in [9.17, 15) is 9.59 Å². The fraction of sp³-hybridized carbons (Fsp3) is 0.571. The highest BCUT2D eigenvalue weighted by molar-refractivity contribution is 7.99. The summed E-state index contributed by atoms with van der Waals surface area (Å²) in [6.45, 7) is 2.10. The number of hydrogen-bond acceptors (Lipinski definition) is 5. The smallest absolute Gasteiger partial charge is 0.343 e. The molecule has 0 aromatic carbocycles. The van der Waals surface area contributed by atoms with E-state index >= 15 is 0 Å². The first-order valence-corrected chi connectivity index (χ1v) is 5.03. The monoisotopic (exact) mass is 217 g/mol. The lowest BCUT2D eigenvalue weighted by atomic mass is 10.8. The maximum atomic E-state index is 11.0. The van der Waals surface area contributed by atoms with Gasteiger partial charge < -0.3 is 4.74 Å². The molecule has 78 valence electrons. The van der Waals surface area contributed by atoms with E-state index in [-0.39, 0.29) is 17.4 Å². The molecule has 0 unspecified atom stereocenters. The summed E-state index contributed by atoms with van der Waals surface area (Å²) in [7, 11) is 1.58. The third-order valence-electron chi connectivity index (χ3n) is 1.46. The van der Waals surface area contributed by atoms with Crippen LogP contribution in [0.1, 0.15) is 6.92 Å². The van der Waals surface area contributed by atoms with Gasteiger partial charge in [-0.1, -0.05) is 11.8 Å². The molecule has 0 saturated heterocycles. The zero-order valence-corrected chi connectivity index (χ0v) is 8.76. The number of nitrogens with one attached hydrogen (secondary N) is 1. The van der Waals surface area contributed by atoms with Crippen molar-refractivity contribution in [3.8, 4) is 0 Å². The Balaban J connectivity index is 2.50. The van der Waals surface area contributed by atoms with Crippen LogP contribution in [0.25, 0.3) is 0 Å². The van der Waals surface area contributed by atoms with Crippen LogP contribution in [-0.2, 0) is 16.6 Å². The predicted molar refractivity (Wildman–Crippen MR) is 51.2 cm³/mol. The van der Waals surface area contributed by atoms with Gasteiger partial charge in [-0.05, 0) is 6.92 Å². The summed E-state index contributed by atoms with van der Waals surface area (Å²) < 4.78 is 6.06. The van der Waals surface area contributed by atoms with Gasteiger partial charge in [0, 0.05) is 7.05 Å². The van der Waals surface area contributed by atoms with Crippen LogP contribution in [0.4, 0.5) is 0 Å². The summed E-state index contributed by atoms with van der Waals surface area (Å²) >= 11 is 1.16. The molecule has 0 fully saturated rings. The molecule has 0 saturated carbocycles. The standard InChI is InChI=1S/C7H11N3O3S/c1-3-13-5(11)4-14-7-9-8-6(12)10(7)2/h3-4H2,1-2H3,(H,8,12). The number of aromatic nitrogens is 3. The largest absolute Gasteiger partial charge is 0.465 e. The Morgan fingerprint density at radius 3 is 2.93 bits per heavy atom. The predicted octanol–water partition coefficient (Wildman–Crippen LogP) is -0.236. The number of hydrogen-bond donors (Lipinski definition) is 1. The van der Waals surface area contributed by atoms with E-state index < -0.39 is 0 Å². The zero-order valence-electron chi connectivity index (χ0n) is 7.94. The Bertz CT molecular complexity index is 371. The molecule has 0 aliphatic carbocycles. The average molecular weight is 217 g/mol. The number of aromatic amines is 1. The van der Waals surface area contributed by atoms with Crippen LogP contribution in [0.3, 0.4) is 0 Å². The van der Waals surface area contributed by atoms with Crippen molar-refractivity contribution in [2.45, 2.75) is 12.1 Å². The number of thioether (sulfide) groups is 1. The fourth-order valence-electron chi connectivity index (χ4n) is 0.788. The number of esters is 1. The van der Waals surface area contributed by atoms with Crippen LogP contribution >= 0.6 is 11.8 Å². The molecule has 1 aromatic rings. The SMILES string of the molecule is CCOC(=O)CSc1n[nH]c(=O)n1C. The average Bonchev–Trinajstić information content (AvgIpc) is 2.46. The van der Waals surface area contributed by atoms with E-state index in [1.807, 2.05) is 0 Å². The first-order chi connectivity index (χ1) is 6.65. The highest BCUT2D eigenvalue weighted by Crippen LogP contribution is 2.11. The molecule has 0 atom stereocenters. The molecule has 0 aliphatic heterocycles. The quantitative estimate of drug-likeness (QED) is 0.556. The zero-order chi connectivity index (χ0) is 10.6. The van der Waals surface area contributed by atoms with Gasteiger partial charge in [-0.15, -0.1) is 5.10 Å². The summed E-state index contributed by atoms with van der Waals surface area (Å²) in [5, 5.41) is 6.48. The van der Waals surface area contributed by atoms with E-state index in [1.54, 1.807) is 14.0 Å². The van der Waals surface area contributed by atoms with Gasteiger partial charge >= 0.3 is 11.7 Å². The summed E-state index contributed by atoms with van der Waals surface area (Å²) in [5.41, 5.74) is -0.295. The van der Waals surface area contributed by atoms with Crippen molar-refractivity contribution in [2.75, 3.05) is 12.4 Å². The van der Waals surface area contributed by atoms with E-state index in [0.717, 1.165) is 11.8 Å². The molecular weight excluding hydrogens is 206 g/mol. The molecular formula is C7H11N3O3S. The van der Waals surface area contributed by atoms with Crippen molar-refractivity contribution in [3.05, 3.63) is 10.5 Å².